The zero-order valence-corrected chi connectivity index (χ0v) is 7.50. The summed E-state index contributed by atoms with van der Waals surface area (Å²) < 4.78 is 1.66. The Balaban J connectivity index is 3.34. The molecule has 1 aromatic rings. The van der Waals surface area contributed by atoms with E-state index in [1.54, 1.807) is 10.8 Å². The standard InChI is InChI=1S/C9H14N2O/c1-3-11-5-4-7(2)8(6-10)9(11)12/h4-5H,3,6,10H2,1-2H3. The quantitative estimate of drug-likeness (QED) is 0.700. The third-order valence-corrected chi connectivity index (χ3v) is 2.04. The molecule has 3 nitrogen and oxygen atoms in total. The highest BCUT2D eigenvalue weighted by Crippen LogP contribution is 1.99. The lowest BCUT2D eigenvalue weighted by Crippen LogP contribution is -2.25. The third-order valence-electron chi connectivity index (χ3n) is 2.04. The Morgan fingerprint density at radius 1 is 1.58 bits per heavy atom. The molecule has 1 heterocycles. The summed E-state index contributed by atoms with van der Waals surface area (Å²) in [6, 6.07) is 1.92. The molecule has 0 fully saturated rings. The highest BCUT2D eigenvalue weighted by atomic mass is 16.1. The maximum atomic E-state index is 11.5. The van der Waals surface area contributed by atoms with E-state index < -0.39 is 0 Å². The molecule has 2 N–H and O–H groups in total. The minimum Gasteiger partial charge on any atom is -0.326 e. The summed E-state index contributed by atoms with van der Waals surface area (Å²) in [6.45, 7) is 4.87. The Kier molecular flexibility index (Phi) is 2.65. The van der Waals surface area contributed by atoms with Gasteiger partial charge in [0.2, 0.25) is 0 Å². The summed E-state index contributed by atoms with van der Waals surface area (Å²) in [7, 11) is 0. The summed E-state index contributed by atoms with van der Waals surface area (Å²) in [6.07, 6.45) is 1.80. The number of nitrogens with two attached hydrogens (primary N) is 1. The molecule has 1 rings (SSSR count). The van der Waals surface area contributed by atoms with Crippen molar-refractivity contribution in [1.82, 2.24) is 4.57 Å². The van der Waals surface area contributed by atoms with Crippen molar-refractivity contribution in [2.45, 2.75) is 26.9 Å². The highest BCUT2D eigenvalue weighted by molar-refractivity contribution is 5.21. The first kappa shape index (κ1) is 9.00. The van der Waals surface area contributed by atoms with Gasteiger partial charge in [0.1, 0.15) is 0 Å². The van der Waals surface area contributed by atoms with Crippen LogP contribution in [0, 0.1) is 6.92 Å². The van der Waals surface area contributed by atoms with Crippen LogP contribution in [-0.2, 0) is 13.1 Å². The molecule has 0 unspecified atom stereocenters. The molecule has 0 aromatic carbocycles. The maximum Gasteiger partial charge on any atom is 0.255 e. The molecular weight excluding hydrogens is 152 g/mol. The van der Waals surface area contributed by atoms with E-state index in [2.05, 4.69) is 0 Å². The fourth-order valence-electron chi connectivity index (χ4n) is 1.21. The van der Waals surface area contributed by atoms with Crippen molar-refractivity contribution in [3.63, 3.8) is 0 Å². The van der Waals surface area contributed by atoms with Gasteiger partial charge in [0.05, 0.1) is 0 Å². The van der Waals surface area contributed by atoms with Gasteiger partial charge in [0.25, 0.3) is 5.56 Å². The molecule has 0 amide bonds. The fraction of sp³-hybridized carbons (Fsp3) is 0.444. The zero-order valence-electron chi connectivity index (χ0n) is 7.50. The first-order chi connectivity index (χ1) is 5.70. The van der Waals surface area contributed by atoms with E-state index in [9.17, 15) is 4.79 Å². The zero-order chi connectivity index (χ0) is 9.14. The second kappa shape index (κ2) is 3.54. The third kappa shape index (κ3) is 1.41. The van der Waals surface area contributed by atoms with Gasteiger partial charge in [-0.3, -0.25) is 4.79 Å². The normalized spacial score (nSPS) is 10.2. The summed E-state index contributed by atoms with van der Waals surface area (Å²) in [5, 5.41) is 0. The Labute approximate surface area is 71.8 Å². The van der Waals surface area contributed by atoms with E-state index in [4.69, 9.17) is 5.73 Å². The number of hydrogen-bond donors (Lipinski definition) is 1. The van der Waals surface area contributed by atoms with E-state index in [1.165, 1.54) is 0 Å². The minimum absolute atomic E-state index is 0.0417. The van der Waals surface area contributed by atoms with Crippen LogP contribution in [0.25, 0.3) is 0 Å². The van der Waals surface area contributed by atoms with Crippen LogP contribution < -0.4 is 11.3 Å². The van der Waals surface area contributed by atoms with Gasteiger partial charge in [-0.2, -0.15) is 0 Å². The molecule has 66 valence electrons. The van der Waals surface area contributed by atoms with Crippen molar-refractivity contribution in [1.29, 1.82) is 0 Å². The molecule has 3 heteroatoms. The van der Waals surface area contributed by atoms with Crippen molar-refractivity contribution in [2.75, 3.05) is 0 Å². The Morgan fingerprint density at radius 2 is 2.25 bits per heavy atom. The van der Waals surface area contributed by atoms with E-state index in [0.717, 1.165) is 11.1 Å². The van der Waals surface area contributed by atoms with Gasteiger partial charge in [-0.15, -0.1) is 0 Å². The molecule has 1 aromatic heterocycles. The number of aryl methyl sites for hydroxylation is 2. The molecule has 12 heavy (non-hydrogen) atoms. The van der Waals surface area contributed by atoms with Gasteiger partial charge in [0, 0.05) is 24.8 Å². The summed E-state index contributed by atoms with van der Waals surface area (Å²) >= 11 is 0. The largest absolute Gasteiger partial charge is 0.326 e. The highest BCUT2D eigenvalue weighted by Gasteiger charge is 2.02. The number of rotatable bonds is 2. The summed E-state index contributed by atoms with van der Waals surface area (Å²) in [5.41, 5.74) is 7.20. The average molecular weight is 166 g/mol. The van der Waals surface area contributed by atoms with Crippen LogP contribution in [0.5, 0.6) is 0 Å². The van der Waals surface area contributed by atoms with Crippen LogP contribution in [0.1, 0.15) is 18.1 Å². The average Bonchev–Trinajstić information content (AvgIpc) is 2.06. The lowest BCUT2D eigenvalue weighted by Gasteiger charge is -2.06. The topological polar surface area (TPSA) is 48.0 Å². The lowest BCUT2D eigenvalue weighted by molar-refractivity contribution is 0.711. The van der Waals surface area contributed by atoms with Crippen molar-refractivity contribution in [3.05, 3.63) is 33.7 Å². The Hall–Kier alpha value is -1.09. The summed E-state index contributed by atoms with van der Waals surface area (Å²) in [5.74, 6) is 0. The smallest absolute Gasteiger partial charge is 0.255 e. The van der Waals surface area contributed by atoms with Crippen LogP contribution in [0.3, 0.4) is 0 Å². The van der Waals surface area contributed by atoms with Gasteiger partial charge in [0.15, 0.2) is 0 Å². The van der Waals surface area contributed by atoms with Crippen LogP contribution in [0.4, 0.5) is 0 Å². The lowest BCUT2D eigenvalue weighted by atomic mass is 10.1. The molecular formula is C9H14N2O. The summed E-state index contributed by atoms with van der Waals surface area (Å²) in [4.78, 5) is 11.5. The first-order valence-corrected chi connectivity index (χ1v) is 4.09. The van der Waals surface area contributed by atoms with Gasteiger partial charge in [-0.05, 0) is 25.5 Å². The molecule has 0 aliphatic carbocycles. The van der Waals surface area contributed by atoms with Crippen molar-refractivity contribution in [2.24, 2.45) is 5.73 Å². The minimum atomic E-state index is 0.0417. The number of aromatic nitrogens is 1. The van der Waals surface area contributed by atoms with Gasteiger partial charge >= 0.3 is 0 Å². The van der Waals surface area contributed by atoms with Crippen molar-refractivity contribution in [3.8, 4) is 0 Å². The van der Waals surface area contributed by atoms with Crippen LogP contribution in [0.2, 0.25) is 0 Å². The van der Waals surface area contributed by atoms with E-state index >= 15 is 0 Å². The van der Waals surface area contributed by atoms with Gasteiger partial charge < -0.3 is 10.3 Å². The van der Waals surface area contributed by atoms with E-state index in [-0.39, 0.29) is 5.56 Å². The Morgan fingerprint density at radius 3 is 2.75 bits per heavy atom. The predicted octanol–water partition coefficient (Wildman–Crippen LogP) is 0.635. The molecule has 0 bridgehead atoms. The Bertz CT molecular complexity index is 328. The molecule has 0 atom stereocenters. The maximum absolute atomic E-state index is 11.5. The number of nitrogens with zero attached hydrogens (tertiary/aromatic N) is 1. The molecule has 0 radical (unpaired) electrons. The molecule has 0 saturated heterocycles. The molecule has 0 saturated carbocycles. The molecule has 0 aliphatic rings. The van der Waals surface area contributed by atoms with Crippen molar-refractivity contribution >= 4 is 0 Å². The first-order valence-electron chi connectivity index (χ1n) is 4.09. The number of hydrogen-bond acceptors (Lipinski definition) is 2. The fourth-order valence-corrected chi connectivity index (χ4v) is 1.21. The second-order valence-electron chi connectivity index (χ2n) is 2.77. The van der Waals surface area contributed by atoms with E-state index in [1.807, 2.05) is 19.9 Å². The van der Waals surface area contributed by atoms with Gasteiger partial charge in [-0.25, -0.2) is 0 Å². The number of pyridine rings is 1. The second-order valence-corrected chi connectivity index (χ2v) is 2.77. The van der Waals surface area contributed by atoms with Gasteiger partial charge in [-0.1, -0.05) is 0 Å². The predicted molar refractivity (Wildman–Crippen MR) is 49.0 cm³/mol. The van der Waals surface area contributed by atoms with Crippen molar-refractivity contribution < 1.29 is 0 Å². The van der Waals surface area contributed by atoms with Crippen LogP contribution in [-0.4, -0.2) is 4.57 Å². The molecule has 0 aliphatic heterocycles. The SMILES string of the molecule is CCn1ccc(C)c(CN)c1=O. The van der Waals surface area contributed by atoms with Crippen LogP contribution in [0.15, 0.2) is 17.1 Å². The molecule has 0 spiro atoms. The van der Waals surface area contributed by atoms with Crippen LogP contribution >= 0.6 is 0 Å². The van der Waals surface area contributed by atoms with E-state index in [0.29, 0.717) is 13.1 Å². The monoisotopic (exact) mass is 166 g/mol.